The number of ether oxygens (including phenoxy) is 4. The van der Waals surface area contributed by atoms with Crippen LogP contribution in [0.1, 0.15) is 285 Å². The fourth-order valence-electron chi connectivity index (χ4n) is 9.18. The number of hydrogen-bond acceptors (Lipinski definition) is 15. The van der Waals surface area contributed by atoms with Gasteiger partial charge in [0.1, 0.15) is 19.3 Å². The average molecular weight is 1360 g/mol. The molecule has 0 aromatic carbocycles. The number of carbonyl (C=O) groups excluding carboxylic acids is 4. The summed E-state index contributed by atoms with van der Waals surface area (Å²) in [6, 6.07) is 0. The van der Waals surface area contributed by atoms with Gasteiger partial charge in [0.2, 0.25) is 0 Å². The molecule has 0 amide bonds. The Morgan fingerprint density at radius 1 is 0.319 bits per heavy atom. The minimum atomic E-state index is -4.99. The van der Waals surface area contributed by atoms with Crippen LogP contribution < -0.4 is 0 Å². The van der Waals surface area contributed by atoms with Crippen LogP contribution in [-0.4, -0.2) is 96.7 Å². The van der Waals surface area contributed by atoms with Crippen molar-refractivity contribution < 1.29 is 80.2 Å². The van der Waals surface area contributed by atoms with E-state index in [9.17, 15) is 43.2 Å². The van der Waals surface area contributed by atoms with Crippen molar-refractivity contribution in [2.75, 3.05) is 39.6 Å². The molecule has 0 heterocycles. The van der Waals surface area contributed by atoms with Crippen LogP contribution in [0.25, 0.3) is 0 Å². The zero-order valence-electron chi connectivity index (χ0n) is 58.6. The van der Waals surface area contributed by atoms with E-state index in [0.717, 1.165) is 148 Å². The monoisotopic (exact) mass is 1360 g/mol. The number of carbonyl (C=O) groups is 4. The highest BCUT2D eigenvalue weighted by Crippen LogP contribution is 2.45. The van der Waals surface area contributed by atoms with Crippen LogP contribution in [0, 0.1) is 0 Å². The van der Waals surface area contributed by atoms with Crippen molar-refractivity contribution in [2.24, 2.45) is 0 Å². The second kappa shape index (κ2) is 67.3. The average Bonchev–Trinajstić information content (AvgIpc) is 1.55. The second-order valence-electron chi connectivity index (χ2n) is 23.8. The van der Waals surface area contributed by atoms with Gasteiger partial charge in [0.25, 0.3) is 0 Å². The van der Waals surface area contributed by atoms with Gasteiger partial charge in [-0.1, -0.05) is 240 Å². The van der Waals surface area contributed by atoms with Gasteiger partial charge >= 0.3 is 39.5 Å². The molecule has 17 nitrogen and oxygen atoms in total. The number of aliphatic hydroxyl groups excluding tert-OH is 1. The highest BCUT2D eigenvalue weighted by Gasteiger charge is 2.30. The van der Waals surface area contributed by atoms with Crippen molar-refractivity contribution in [3.8, 4) is 0 Å². The molecule has 5 atom stereocenters. The summed E-state index contributed by atoms with van der Waals surface area (Å²) in [5, 5.41) is 10.6. The van der Waals surface area contributed by atoms with Gasteiger partial charge in [0.15, 0.2) is 12.2 Å². The fraction of sp³-hybridized carbons (Fsp3) is 0.707. The van der Waals surface area contributed by atoms with Crippen molar-refractivity contribution in [1.29, 1.82) is 0 Å². The van der Waals surface area contributed by atoms with E-state index in [0.29, 0.717) is 25.7 Å². The highest BCUT2D eigenvalue weighted by atomic mass is 31.2. The zero-order chi connectivity index (χ0) is 69.0. The molecule has 540 valence electrons. The number of aliphatic hydroxyl groups is 1. The second-order valence-corrected chi connectivity index (χ2v) is 26.7. The van der Waals surface area contributed by atoms with Gasteiger partial charge in [-0.2, -0.15) is 0 Å². The first kappa shape index (κ1) is 89.7. The molecule has 0 aliphatic heterocycles. The third kappa shape index (κ3) is 66.3. The molecular formula is C75H128O17P2. The van der Waals surface area contributed by atoms with E-state index in [4.69, 9.17) is 37.0 Å². The first-order chi connectivity index (χ1) is 45.7. The highest BCUT2D eigenvalue weighted by molar-refractivity contribution is 7.47. The third-order valence-electron chi connectivity index (χ3n) is 14.7. The Bertz CT molecular complexity index is 2220. The van der Waals surface area contributed by atoms with Crippen LogP contribution >= 0.6 is 15.6 Å². The fourth-order valence-corrected chi connectivity index (χ4v) is 10.8. The molecule has 0 saturated carbocycles. The van der Waals surface area contributed by atoms with Crippen molar-refractivity contribution in [3.05, 3.63) is 109 Å². The Morgan fingerprint density at radius 3 is 1.01 bits per heavy atom. The van der Waals surface area contributed by atoms with Gasteiger partial charge in [-0.25, -0.2) is 9.13 Å². The maximum Gasteiger partial charge on any atom is 0.472 e. The predicted molar refractivity (Wildman–Crippen MR) is 381 cm³/mol. The van der Waals surface area contributed by atoms with Crippen molar-refractivity contribution >= 4 is 39.5 Å². The Morgan fingerprint density at radius 2 is 0.606 bits per heavy atom. The van der Waals surface area contributed by atoms with Gasteiger partial charge in [-0.15, -0.1) is 0 Å². The molecule has 19 heteroatoms. The number of unbranched alkanes of at least 4 members (excludes halogenated alkanes) is 24. The SMILES string of the molecule is CC/C=C\C/C=C\C/C=C\C/C=C\C/C=C\CC(=O)OCC(COP(=O)(O)OCC(O)COP(=O)(O)OCC(COC(=O)CCCCCCC/C=C\C/C=C\CCCCC)OC(=O)CCCCCCC/C=C\CCCC)OC(=O)CCCCCCC/C=C\CCCCCC. The van der Waals surface area contributed by atoms with E-state index >= 15 is 0 Å². The quantitative estimate of drug-likeness (QED) is 0.0169. The van der Waals surface area contributed by atoms with Crippen LogP contribution in [-0.2, 0) is 65.4 Å². The number of rotatable bonds is 67. The van der Waals surface area contributed by atoms with E-state index in [1.165, 1.54) is 57.8 Å². The molecule has 0 fully saturated rings. The summed E-state index contributed by atoms with van der Waals surface area (Å²) >= 11 is 0. The zero-order valence-corrected chi connectivity index (χ0v) is 60.4. The number of hydrogen-bond donors (Lipinski definition) is 3. The number of esters is 4. The Labute approximate surface area is 569 Å². The maximum atomic E-state index is 13.0. The summed E-state index contributed by atoms with van der Waals surface area (Å²) < 4.78 is 68.1. The van der Waals surface area contributed by atoms with E-state index in [1.807, 2.05) is 18.2 Å². The molecule has 0 saturated heterocycles. The molecule has 5 unspecified atom stereocenters. The standard InChI is InChI=1S/C75H128O17P2/c1-5-9-13-17-21-25-29-32-34-37-40-43-47-51-55-59-72(77)85-65-70(91-74(79)61-57-53-49-45-39-28-24-20-16-12-8-4)67-89-93(81,82)87-63-69(76)64-88-94(83,84)90-68-71(92-75(80)62-58-54-50-46-42-36-31-27-23-19-15-11-7-3)66-86-73(78)60-56-52-48-44-41-38-35-33-30-26-22-18-14-10-6-2/h10,14,20-22,24-27,31-35,41,44,52,56,69-71,76H,5-9,11-13,15-19,23,28-30,36-40,42-43,45-51,53-55,57-68H2,1-4H3,(H,81,82)(H,83,84)/b14-10-,24-20-,25-21-,26-22-,31-27-,34-32-,35-33-,44-41-,56-52-. The summed E-state index contributed by atoms with van der Waals surface area (Å²) in [7, 11) is -9.97. The van der Waals surface area contributed by atoms with E-state index in [-0.39, 0.29) is 25.7 Å². The molecule has 0 aliphatic rings. The Hall–Kier alpha value is -4.28. The molecule has 0 rings (SSSR count). The molecule has 0 aromatic heterocycles. The first-order valence-corrected chi connectivity index (χ1v) is 39.1. The Kier molecular flexibility index (Phi) is 64.2. The van der Waals surface area contributed by atoms with Crippen LogP contribution in [0.2, 0.25) is 0 Å². The summed E-state index contributed by atoms with van der Waals surface area (Å²) in [5.74, 6) is -2.36. The van der Waals surface area contributed by atoms with Crippen molar-refractivity contribution in [2.45, 2.75) is 303 Å². The molecule has 94 heavy (non-hydrogen) atoms. The van der Waals surface area contributed by atoms with Crippen LogP contribution in [0.15, 0.2) is 109 Å². The predicted octanol–water partition coefficient (Wildman–Crippen LogP) is 20.2. The number of phosphoric ester groups is 2. The van der Waals surface area contributed by atoms with Gasteiger partial charge in [0, 0.05) is 19.3 Å². The molecule has 0 aliphatic carbocycles. The molecule has 0 bridgehead atoms. The summed E-state index contributed by atoms with van der Waals surface area (Å²) in [4.78, 5) is 72.5. The molecule has 3 N–H and O–H groups in total. The van der Waals surface area contributed by atoms with Gasteiger partial charge in [0.05, 0.1) is 32.8 Å². The summed E-state index contributed by atoms with van der Waals surface area (Å²) in [5.41, 5.74) is 0. The van der Waals surface area contributed by atoms with Gasteiger partial charge in [-0.05, 0) is 128 Å². The van der Waals surface area contributed by atoms with E-state index in [2.05, 4.69) is 113 Å². The minimum Gasteiger partial charge on any atom is -0.462 e. The van der Waals surface area contributed by atoms with Crippen LogP contribution in [0.3, 0.4) is 0 Å². The lowest BCUT2D eigenvalue weighted by Gasteiger charge is -2.21. The van der Waals surface area contributed by atoms with Gasteiger partial charge in [-0.3, -0.25) is 37.3 Å². The van der Waals surface area contributed by atoms with Crippen LogP contribution in [0.5, 0.6) is 0 Å². The van der Waals surface area contributed by atoms with E-state index < -0.39 is 97.5 Å². The topological polar surface area (TPSA) is 237 Å². The normalized spacial score (nSPS) is 14.7. The number of phosphoric acid groups is 2. The third-order valence-corrected chi connectivity index (χ3v) is 16.6. The summed E-state index contributed by atoms with van der Waals surface area (Å²) in [6.45, 7) is 4.51. The largest absolute Gasteiger partial charge is 0.472 e. The van der Waals surface area contributed by atoms with Crippen LogP contribution in [0.4, 0.5) is 0 Å². The molecular weight excluding hydrogens is 1230 g/mol. The van der Waals surface area contributed by atoms with Crippen molar-refractivity contribution in [1.82, 2.24) is 0 Å². The van der Waals surface area contributed by atoms with Gasteiger partial charge < -0.3 is 33.8 Å². The number of allylic oxidation sites excluding steroid dienone is 17. The molecule has 0 spiro atoms. The summed E-state index contributed by atoms with van der Waals surface area (Å²) in [6.07, 6.45) is 69.9. The molecule has 0 radical (unpaired) electrons. The minimum absolute atomic E-state index is 0.0640. The lowest BCUT2D eigenvalue weighted by molar-refractivity contribution is -0.161. The maximum absolute atomic E-state index is 13.0. The van der Waals surface area contributed by atoms with Crippen molar-refractivity contribution in [3.63, 3.8) is 0 Å². The lowest BCUT2D eigenvalue weighted by atomic mass is 10.1. The van der Waals surface area contributed by atoms with E-state index in [1.54, 1.807) is 6.08 Å². The lowest BCUT2D eigenvalue weighted by Crippen LogP contribution is -2.30. The first-order valence-electron chi connectivity index (χ1n) is 36.1. The molecule has 0 aromatic rings. The smallest absolute Gasteiger partial charge is 0.462 e. The Balaban J connectivity index is 5.40.